The largest absolute Gasteiger partial charge is 0.457 e. The van der Waals surface area contributed by atoms with Crippen molar-refractivity contribution in [3.63, 3.8) is 0 Å². The van der Waals surface area contributed by atoms with E-state index in [1.54, 1.807) is 24.3 Å². The van der Waals surface area contributed by atoms with Gasteiger partial charge in [0.05, 0.1) is 12.2 Å². The second kappa shape index (κ2) is 6.16. The molecule has 0 unspecified atom stereocenters. The molecule has 0 heterocycles. The van der Waals surface area contributed by atoms with Crippen molar-refractivity contribution in [2.45, 2.75) is 13.2 Å². The summed E-state index contributed by atoms with van der Waals surface area (Å²) in [4.78, 5) is 11.8. The molecule has 0 radical (unpaired) electrons. The number of halogens is 1. The predicted molar refractivity (Wildman–Crippen MR) is 72.3 cm³/mol. The standard InChI is InChI=1S/C15H14FNO3/c16-12-5-6-13(14(17)7-12)15(19)20-9-11-3-1-10(8-18)2-4-11/h1-7,18H,8-9,17H2. The molecule has 0 aliphatic heterocycles. The number of anilines is 1. The van der Waals surface area contributed by atoms with Crippen LogP contribution >= 0.6 is 0 Å². The molecule has 0 spiro atoms. The average molecular weight is 275 g/mol. The van der Waals surface area contributed by atoms with Crippen molar-refractivity contribution in [1.29, 1.82) is 0 Å². The van der Waals surface area contributed by atoms with Gasteiger partial charge in [0.15, 0.2) is 0 Å². The summed E-state index contributed by atoms with van der Waals surface area (Å²) in [7, 11) is 0. The Kier molecular flexibility index (Phi) is 4.32. The van der Waals surface area contributed by atoms with E-state index in [0.29, 0.717) is 0 Å². The molecule has 0 saturated carbocycles. The van der Waals surface area contributed by atoms with Crippen molar-refractivity contribution in [2.24, 2.45) is 0 Å². The van der Waals surface area contributed by atoms with E-state index >= 15 is 0 Å². The molecule has 2 aromatic carbocycles. The summed E-state index contributed by atoms with van der Waals surface area (Å²) in [6.07, 6.45) is 0. The number of nitrogens with two attached hydrogens (primary N) is 1. The van der Waals surface area contributed by atoms with E-state index in [4.69, 9.17) is 15.6 Å². The summed E-state index contributed by atoms with van der Waals surface area (Å²) < 4.78 is 18.0. The van der Waals surface area contributed by atoms with Gasteiger partial charge in [0.2, 0.25) is 0 Å². The Balaban J connectivity index is 2.00. The fraction of sp³-hybridized carbons (Fsp3) is 0.133. The first-order valence-corrected chi connectivity index (χ1v) is 6.01. The van der Waals surface area contributed by atoms with Gasteiger partial charge in [-0.3, -0.25) is 0 Å². The van der Waals surface area contributed by atoms with Crippen molar-refractivity contribution < 1.29 is 19.0 Å². The zero-order valence-corrected chi connectivity index (χ0v) is 10.7. The van der Waals surface area contributed by atoms with Crippen LogP contribution in [0.25, 0.3) is 0 Å². The van der Waals surface area contributed by atoms with Gasteiger partial charge in [-0.1, -0.05) is 24.3 Å². The fourth-order valence-electron chi connectivity index (χ4n) is 1.69. The van der Waals surface area contributed by atoms with Crippen molar-refractivity contribution in [2.75, 3.05) is 5.73 Å². The van der Waals surface area contributed by atoms with E-state index < -0.39 is 11.8 Å². The second-order valence-electron chi connectivity index (χ2n) is 4.28. The number of hydrogen-bond acceptors (Lipinski definition) is 4. The van der Waals surface area contributed by atoms with Gasteiger partial charge in [-0.15, -0.1) is 0 Å². The van der Waals surface area contributed by atoms with Crippen molar-refractivity contribution in [3.05, 3.63) is 65.0 Å². The lowest BCUT2D eigenvalue weighted by atomic mass is 10.1. The fourth-order valence-corrected chi connectivity index (χ4v) is 1.69. The first-order valence-electron chi connectivity index (χ1n) is 6.01. The Morgan fingerprint density at radius 1 is 1.15 bits per heavy atom. The lowest BCUT2D eigenvalue weighted by Crippen LogP contribution is -2.08. The number of esters is 1. The maximum absolute atomic E-state index is 12.9. The number of carbonyl (C=O) groups is 1. The Hall–Kier alpha value is -2.40. The molecular weight excluding hydrogens is 261 g/mol. The van der Waals surface area contributed by atoms with E-state index in [1.165, 1.54) is 6.07 Å². The topological polar surface area (TPSA) is 72.6 Å². The summed E-state index contributed by atoms with van der Waals surface area (Å²) in [5.74, 6) is -1.10. The molecule has 3 N–H and O–H groups in total. The number of benzene rings is 2. The molecule has 4 nitrogen and oxygen atoms in total. The van der Waals surface area contributed by atoms with Gasteiger partial charge < -0.3 is 15.6 Å². The minimum atomic E-state index is -0.603. The molecule has 2 rings (SSSR count). The number of hydrogen-bond donors (Lipinski definition) is 2. The quantitative estimate of drug-likeness (QED) is 0.663. The summed E-state index contributed by atoms with van der Waals surface area (Å²) >= 11 is 0. The van der Waals surface area contributed by atoms with Crippen LogP contribution in [-0.4, -0.2) is 11.1 Å². The van der Waals surface area contributed by atoms with Crippen LogP contribution < -0.4 is 5.73 Å². The SMILES string of the molecule is Nc1cc(F)ccc1C(=O)OCc1ccc(CO)cc1. The van der Waals surface area contributed by atoms with Gasteiger partial charge in [-0.2, -0.15) is 0 Å². The Labute approximate surface area is 115 Å². The van der Waals surface area contributed by atoms with Crippen molar-refractivity contribution >= 4 is 11.7 Å². The van der Waals surface area contributed by atoms with Gasteiger partial charge >= 0.3 is 5.97 Å². The van der Waals surface area contributed by atoms with E-state index in [1.807, 2.05) is 0 Å². The monoisotopic (exact) mass is 275 g/mol. The molecule has 0 aliphatic rings. The summed E-state index contributed by atoms with van der Waals surface area (Å²) in [6, 6.07) is 10.5. The molecule has 0 atom stereocenters. The number of ether oxygens (including phenoxy) is 1. The van der Waals surface area contributed by atoms with Crippen molar-refractivity contribution in [1.82, 2.24) is 0 Å². The van der Waals surface area contributed by atoms with Gasteiger partial charge in [0.1, 0.15) is 12.4 Å². The molecule has 20 heavy (non-hydrogen) atoms. The maximum atomic E-state index is 12.9. The summed E-state index contributed by atoms with van der Waals surface area (Å²) in [6.45, 7) is 0.0491. The minimum Gasteiger partial charge on any atom is -0.457 e. The average Bonchev–Trinajstić information content (AvgIpc) is 2.45. The zero-order valence-electron chi connectivity index (χ0n) is 10.7. The summed E-state index contributed by atoms with van der Waals surface area (Å²) in [5, 5.41) is 8.92. The van der Waals surface area contributed by atoms with Gasteiger partial charge in [-0.25, -0.2) is 9.18 Å². The first-order chi connectivity index (χ1) is 9.60. The summed E-state index contributed by atoms with van der Waals surface area (Å²) in [5.41, 5.74) is 7.31. The lowest BCUT2D eigenvalue weighted by Gasteiger charge is -2.07. The van der Waals surface area contributed by atoms with E-state index in [2.05, 4.69) is 0 Å². The van der Waals surface area contributed by atoms with Gasteiger partial charge in [0.25, 0.3) is 0 Å². The third-order valence-electron chi connectivity index (χ3n) is 2.81. The first kappa shape index (κ1) is 14.0. The molecule has 0 amide bonds. The molecule has 5 heteroatoms. The second-order valence-corrected chi connectivity index (χ2v) is 4.28. The van der Waals surface area contributed by atoms with Crippen LogP contribution in [0.15, 0.2) is 42.5 Å². The van der Waals surface area contributed by atoms with Crippen LogP contribution in [0, 0.1) is 5.82 Å². The number of rotatable bonds is 4. The van der Waals surface area contributed by atoms with Crippen molar-refractivity contribution in [3.8, 4) is 0 Å². The third-order valence-corrected chi connectivity index (χ3v) is 2.81. The molecular formula is C15H14FNO3. The maximum Gasteiger partial charge on any atom is 0.340 e. The van der Waals surface area contributed by atoms with Crippen LogP contribution in [0.5, 0.6) is 0 Å². The minimum absolute atomic E-state index is 0.0355. The number of aliphatic hydroxyl groups excluding tert-OH is 1. The van der Waals surface area contributed by atoms with Crippen LogP contribution in [-0.2, 0) is 18.0 Å². The third kappa shape index (κ3) is 3.33. The Morgan fingerprint density at radius 3 is 2.40 bits per heavy atom. The van der Waals surface area contributed by atoms with Crippen LogP contribution in [0.2, 0.25) is 0 Å². The molecule has 0 aromatic heterocycles. The van der Waals surface area contributed by atoms with Gasteiger partial charge in [0, 0.05) is 5.69 Å². The number of nitrogen functional groups attached to an aromatic ring is 1. The Bertz CT molecular complexity index is 611. The highest BCUT2D eigenvalue weighted by Gasteiger charge is 2.11. The predicted octanol–water partition coefficient (Wildman–Crippen LogP) is 2.26. The molecule has 0 fully saturated rings. The highest BCUT2D eigenvalue weighted by atomic mass is 19.1. The van der Waals surface area contributed by atoms with Crippen LogP contribution in [0.1, 0.15) is 21.5 Å². The number of carbonyl (C=O) groups excluding carboxylic acids is 1. The molecule has 2 aromatic rings. The van der Waals surface area contributed by atoms with Gasteiger partial charge in [-0.05, 0) is 29.3 Å². The van der Waals surface area contributed by atoms with E-state index in [9.17, 15) is 9.18 Å². The normalized spacial score (nSPS) is 10.3. The zero-order chi connectivity index (χ0) is 14.5. The smallest absolute Gasteiger partial charge is 0.340 e. The van der Waals surface area contributed by atoms with Crippen LogP contribution in [0.3, 0.4) is 0 Å². The Morgan fingerprint density at radius 2 is 1.80 bits per heavy atom. The lowest BCUT2D eigenvalue weighted by molar-refractivity contribution is 0.0474. The van der Waals surface area contributed by atoms with E-state index in [0.717, 1.165) is 23.3 Å². The molecule has 104 valence electrons. The number of aliphatic hydroxyl groups is 1. The highest BCUT2D eigenvalue weighted by molar-refractivity contribution is 5.94. The van der Waals surface area contributed by atoms with E-state index in [-0.39, 0.29) is 24.5 Å². The van der Waals surface area contributed by atoms with Crippen LogP contribution in [0.4, 0.5) is 10.1 Å². The molecule has 0 bridgehead atoms. The molecule has 0 aliphatic carbocycles. The molecule has 0 saturated heterocycles. The highest BCUT2D eigenvalue weighted by Crippen LogP contribution is 2.15.